The van der Waals surface area contributed by atoms with Gasteiger partial charge in [0.2, 0.25) is 5.91 Å². The number of amides is 1. The number of carbonyl (C=O) groups excluding carboxylic acids is 1. The van der Waals surface area contributed by atoms with Crippen molar-refractivity contribution in [2.45, 2.75) is 39.7 Å². The lowest BCUT2D eigenvalue weighted by molar-refractivity contribution is -0.131. The molecule has 0 aromatic rings. The summed E-state index contributed by atoms with van der Waals surface area (Å²) in [6.45, 7) is 9.92. The number of nitrogens with two attached hydrogens (primary N) is 1. The summed E-state index contributed by atoms with van der Waals surface area (Å²) in [7, 11) is 0. The van der Waals surface area contributed by atoms with Crippen LogP contribution in [0.25, 0.3) is 0 Å². The Labute approximate surface area is 86.8 Å². The van der Waals surface area contributed by atoms with E-state index in [2.05, 4.69) is 11.9 Å². The second-order valence-corrected chi connectivity index (χ2v) is 3.69. The SMILES string of the molecule is C=CC(C)NC(=O)C(CC)(CC)CN. The van der Waals surface area contributed by atoms with Crippen LogP contribution in [0.5, 0.6) is 0 Å². The molecule has 3 heteroatoms. The van der Waals surface area contributed by atoms with Crippen LogP contribution in [0.3, 0.4) is 0 Å². The monoisotopic (exact) mass is 198 g/mol. The summed E-state index contributed by atoms with van der Waals surface area (Å²) in [5, 5.41) is 2.89. The van der Waals surface area contributed by atoms with Crippen LogP contribution in [0.15, 0.2) is 12.7 Å². The second kappa shape index (κ2) is 5.81. The molecular weight excluding hydrogens is 176 g/mol. The zero-order valence-electron chi connectivity index (χ0n) is 9.47. The predicted molar refractivity (Wildman–Crippen MR) is 59.9 cm³/mol. The van der Waals surface area contributed by atoms with Crippen LogP contribution < -0.4 is 11.1 Å². The zero-order chi connectivity index (χ0) is 11.2. The number of nitrogens with one attached hydrogen (secondary N) is 1. The van der Waals surface area contributed by atoms with Gasteiger partial charge in [-0.3, -0.25) is 4.79 Å². The van der Waals surface area contributed by atoms with Gasteiger partial charge in [0.15, 0.2) is 0 Å². The molecular formula is C11H22N2O. The summed E-state index contributed by atoms with van der Waals surface area (Å²) >= 11 is 0. The van der Waals surface area contributed by atoms with Crippen LogP contribution >= 0.6 is 0 Å². The first-order valence-electron chi connectivity index (χ1n) is 5.19. The van der Waals surface area contributed by atoms with E-state index < -0.39 is 5.41 Å². The van der Waals surface area contributed by atoms with Gasteiger partial charge in [-0.1, -0.05) is 19.9 Å². The first-order chi connectivity index (χ1) is 6.56. The van der Waals surface area contributed by atoms with E-state index in [0.717, 1.165) is 12.8 Å². The van der Waals surface area contributed by atoms with Gasteiger partial charge < -0.3 is 11.1 Å². The van der Waals surface area contributed by atoms with Gasteiger partial charge in [0.05, 0.1) is 5.41 Å². The third kappa shape index (κ3) is 2.84. The van der Waals surface area contributed by atoms with E-state index in [1.54, 1.807) is 6.08 Å². The molecule has 3 N–H and O–H groups in total. The maximum Gasteiger partial charge on any atom is 0.227 e. The maximum absolute atomic E-state index is 11.9. The highest BCUT2D eigenvalue weighted by molar-refractivity contribution is 5.83. The fourth-order valence-corrected chi connectivity index (χ4v) is 1.37. The lowest BCUT2D eigenvalue weighted by Gasteiger charge is -2.29. The molecule has 0 aliphatic heterocycles. The molecule has 0 aromatic heterocycles. The molecule has 0 heterocycles. The number of rotatable bonds is 6. The predicted octanol–water partition coefficient (Wildman–Crippen LogP) is 1.44. The van der Waals surface area contributed by atoms with Gasteiger partial charge in [-0.05, 0) is 19.8 Å². The first kappa shape index (κ1) is 13.2. The summed E-state index contributed by atoms with van der Waals surface area (Å²) in [5.74, 6) is 0.0393. The molecule has 1 unspecified atom stereocenters. The molecule has 1 amide bonds. The van der Waals surface area contributed by atoms with Gasteiger partial charge in [0.1, 0.15) is 0 Å². The Hall–Kier alpha value is -0.830. The smallest absolute Gasteiger partial charge is 0.227 e. The molecule has 0 bridgehead atoms. The van der Waals surface area contributed by atoms with E-state index in [9.17, 15) is 4.79 Å². The van der Waals surface area contributed by atoms with Gasteiger partial charge in [-0.25, -0.2) is 0 Å². The largest absolute Gasteiger partial charge is 0.350 e. The van der Waals surface area contributed by atoms with Crippen molar-refractivity contribution in [1.82, 2.24) is 5.32 Å². The van der Waals surface area contributed by atoms with Crippen molar-refractivity contribution in [3.63, 3.8) is 0 Å². The standard InChI is InChI=1S/C11H22N2O/c1-5-9(4)13-10(14)11(6-2,7-3)8-12/h5,9H,1,6-8,12H2,2-4H3,(H,13,14). The van der Waals surface area contributed by atoms with Crippen molar-refractivity contribution in [1.29, 1.82) is 0 Å². The third-order valence-corrected chi connectivity index (χ3v) is 2.94. The Morgan fingerprint density at radius 1 is 1.57 bits per heavy atom. The van der Waals surface area contributed by atoms with Gasteiger partial charge in [0, 0.05) is 12.6 Å². The minimum atomic E-state index is -0.405. The summed E-state index contributed by atoms with van der Waals surface area (Å²) in [4.78, 5) is 11.9. The molecule has 0 fully saturated rings. The molecule has 0 spiro atoms. The fraction of sp³-hybridized carbons (Fsp3) is 0.727. The number of hydrogen-bond donors (Lipinski definition) is 2. The summed E-state index contributed by atoms with van der Waals surface area (Å²) in [6, 6.07) is 0.00604. The maximum atomic E-state index is 11.9. The van der Waals surface area contributed by atoms with Crippen molar-refractivity contribution >= 4 is 5.91 Å². The molecule has 1 atom stereocenters. The quantitative estimate of drug-likeness (QED) is 0.635. The van der Waals surface area contributed by atoms with Crippen LogP contribution in [0.2, 0.25) is 0 Å². The molecule has 0 rings (SSSR count). The Bertz CT molecular complexity index is 189. The van der Waals surface area contributed by atoms with E-state index >= 15 is 0 Å². The lowest BCUT2D eigenvalue weighted by Crippen LogP contribution is -2.47. The first-order valence-corrected chi connectivity index (χ1v) is 5.19. The molecule has 0 aromatic carbocycles. The molecule has 0 aliphatic carbocycles. The van der Waals surface area contributed by atoms with E-state index in [0.29, 0.717) is 6.54 Å². The van der Waals surface area contributed by atoms with Gasteiger partial charge in [-0.15, -0.1) is 6.58 Å². The van der Waals surface area contributed by atoms with E-state index in [-0.39, 0.29) is 11.9 Å². The highest BCUT2D eigenvalue weighted by atomic mass is 16.2. The average Bonchev–Trinajstić information content (AvgIpc) is 2.21. The molecule has 3 nitrogen and oxygen atoms in total. The van der Waals surface area contributed by atoms with Gasteiger partial charge >= 0.3 is 0 Å². The Balaban J connectivity index is 4.51. The van der Waals surface area contributed by atoms with Crippen molar-refractivity contribution in [2.24, 2.45) is 11.1 Å². The Morgan fingerprint density at radius 3 is 2.36 bits per heavy atom. The van der Waals surface area contributed by atoms with Crippen molar-refractivity contribution in [3.05, 3.63) is 12.7 Å². The highest BCUT2D eigenvalue weighted by Gasteiger charge is 2.33. The van der Waals surface area contributed by atoms with Crippen LogP contribution in [0, 0.1) is 5.41 Å². The minimum absolute atomic E-state index is 0.00604. The Kier molecular flexibility index (Phi) is 5.46. The van der Waals surface area contributed by atoms with Crippen molar-refractivity contribution < 1.29 is 4.79 Å². The third-order valence-electron chi connectivity index (χ3n) is 2.94. The molecule has 0 saturated carbocycles. The van der Waals surface area contributed by atoms with Gasteiger partial charge in [0.25, 0.3) is 0 Å². The lowest BCUT2D eigenvalue weighted by atomic mass is 9.81. The second-order valence-electron chi connectivity index (χ2n) is 3.69. The molecule has 0 saturated heterocycles. The normalized spacial score (nSPS) is 13.4. The molecule has 14 heavy (non-hydrogen) atoms. The minimum Gasteiger partial charge on any atom is -0.350 e. The van der Waals surface area contributed by atoms with E-state index in [1.165, 1.54) is 0 Å². The highest BCUT2D eigenvalue weighted by Crippen LogP contribution is 2.25. The zero-order valence-corrected chi connectivity index (χ0v) is 9.47. The van der Waals surface area contributed by atoms with Crippen LogP contribution in [-0.4, -0.2) is 18.5 Å². The van der Waals surface area contributed by atoms with Crippen molar-refractivity contribution in [2.75, 3.05) is 6.54 Å². The van der Waals surface area contributed by atoms with Crippen molar-refractivity contribution in [3.8, 4) is 0 Å². The van der Waals surface area contributed by atoms with Crippen LogP contribution in [0.4, 0.5) is 0 Å². The van der Waals surface area contributed by atoms with E-state index in [1.807, 2.05) is 20.8 Å². The summed E-state index contributed by atoms with van der Waals surface area (Å²) < 4.78 is 0. The fourth-order valence-electron chi connectivity index (χ4n) is 1.37. The molecule has 0 aliphatic rings. The molecule has 0 radical (unpaired) electrons. The van der Waals surface area contributed by atoms with Crippen LogP contribution in [0.1, 0.15) is 33.6 Å². The number of carbonyl (C=O) groups is 1. The Morgan fingerprint density at radius 2 is 2.07 bits per heavy atom. The summed E-state index contributed by atoms with van der Waals surface area (Å²) in [5.41, 5.74) is 5.25. The average molecular weight is 198 g/mol. The van der Waals surface area contributed by atoms with Gasteiger partial charge in [-0.2, -0.15) is 0 Å². The topological polar surface area (TPSA) is 55.1 Å². The number of hydrogen-bond acceptors (Lipinski definition) is 2. The molecule has 82 valence electrons. The summed E-state index contributed by atoms with van der Waals surface area (Å²) in [6.07, 6.45) is 3.26. The van der Waals surface area contributed by atoms with Crippen LogP contribution in [-0.2, 0) is 4.79 Å². The van der Waals surface area contributed by atoms with E-state index in [4.69, 9.17) is 5.73 Å².